The molecule has 0 aliphatic carbocycles. The van der Waals surface area contributed by atoms with Crippen LogP contribution in [0.15, 0.2) is 29.9 Å². The van der Waals surface area contributed by atoms with E-state index in [0.717, 1.165) is 17.1 Å². The molecule has 1 saturated heterocycles. The molecule has 1 aliphatic rings. The maximum Gasteiger partial charge on any atom is 0.125 e. The van der Waals surface area contributed by atoms with E-state index in [1.807, 2.05) is 12.3 Å². The summed E-state index contributed by atoms with van der Waals surface area (Å²) in [6.07, 6.45) is 6.11. The highest BCUT2D eigenvalue weighted by Gasteiger charge is 2.19. The molecule has 3 rings (SSSR count). The monoisotopic (exact) mass is 231 g/mol. The first kappa shape index (κ1) is 9.93. The van der Waals surface area contributed by atoms with Gasteiger partial charge in [-0.05, 0) is 31.5 Å². The van der Waals surface area contributed by atoms with Gasteiger partial charge in [0.15, 0.2) is 0 Å². The van der Waals surface area contributed by atoms with Gasteiger partial charge in [-0.15, -0.1) is 11.3 Å². The molecule has 16 heavy (non-hydrogen) atoms. The maximum absolute atomic E-state index is 4.68. The van der Waals surface area contributed by atoms with Crippen molar-refractivity contribution in [2.45, 2.75) is 18.9 Å². The lowest BCUT2D eigenvalue weighted by atomic mass is 10.2. The Morgan fingerprint density at radius 2 is 2.44 bits per heavy atom. The lowest BCUT2D eigenvalue weighted by Gasteiger charge is -2.04. The summed E-state index contributed by atoms with van der Waals surface area (Å²) >= 11 is 1.70. The van der Waals surface area contributed by atoms with Crippen LogP contribution in [0.5, 0.6) is 0 Å². The van der Waals surface area contributed by atoms with Crippen LogP contribution < -0.4 is 5.32 Å². The summed E-state index contributed by atoms with van der Waals surface area (Å²) in [5, 5.41) is 6.69. The van der Waals surface area contributed by atoms with E-state index >= 15 is 0 Å². The van der Waals surface area contributed by atoms with Crippen LogP contribution >= 0.6 is 11.3 Å². The van der Waals surface area contributed by atoms with Crippen molar-refractivity contribution in [1.82, 2.24) is 15.3 Å². The number of thiazole rings is 1. The normalized spacial score (nSPS) is 20.1. The van der Waals surface area contributed by atoms with Gasteiger partial charge in [0.25, 0.3) is 0 Å². The van der Waals surface area contributed by atoms with Gasteiger partial charge < -0.3 is 5.32 Å². The summed E-state index contributed by atoms with van der Waals surface area (Å²) in [6, 6.07) is 4.46. The van der Waals surface area contributed by atoms with Gasteiger partial charge in [-0.1, -0.05) is 0 Å². The first-order valence-electron chi connectivity index (χ1n) is 5.53. The third kappa shape index (κ3) is 1.86. The van der Waals surface area contributed by atoms with E-state index in [9.17, 15) is 0 Å². The molecule has 0 bridgehead atoms. The average Bonchev–Trinajstić information content (AvgIpc) is 3.01. The van der Waals surface area contributed by atoms with Gasteiger partial charge in [-0.2, -0.15) is 0 Å². The molecule has 82 valence electrons. The first-order chi connectivity index (χ1) is 7.93. The number of aromatic nitrogens is 2. The Hall–Kier alpha value is -1.26. The molecule has 3 heterocycles. The van der Waals surface area contributed by atoms with Gasteiger partial charge in [0.2, 0.25) is 0 Å². The van der Waals surface area contributed by atoms with Crippen molar-refractivity contribution in [3.63, 3.8) is 0 Å². The smallest absolute Gasteiger partial charge is 0.125 e. The van der Waals surface area contributed by atoms with Crippen LogP contribution in [0.4, 0.5) is 0 Å². The average molecular weight is 231 g/mol. The molecule has 1 N–H and O–H groups in total. The molecule has 3 nitrogen and oxygen atoms in total. The van der Waals surface area contributed by atoms with E-state index in [-0.39, 0.29) is 0 Å². The van der Waals surface area contributed by atoms with Crippen LogP contribution in [-0.4, -0.2) is 16.5 Å². The zero-order valence-corrected chi connectivity index (χ0v) is 9.70. The fourth-order valence-corrected chi connectivity index (χ4v) is 2.87. The molecule has 0 spiro atoms. The lowest BCUT2D eigenvalue weighted by Crippen LogP contribution is -2.12. The van der Waals surface area contributed by atoms with Crippen LogP contribution in [0.1, 0.15) is 24.6 Å². The topological polar surface area (TPSA) is 37.8 Å². The third-order valence-corrected chi connectivity index (χ3v) is 3.76. The van der Waals surface area contributed by atoms with E-state index in [0.29, 0.717) is 6.04 Å². The Bertz CT molecular complexity index is 460. The van der Waals surface area contributed by atoms with Gasteiger partial charge in [-0.25, -0.2) is 4.98 Å². The number of rotatable bonds is 2. The van der Waals surface area contributed by atoms with Crippen LogP contribution in [-0.2, 0) is 0 Å². The molecule has 1 atom stereocenters. The number of nitrogens with one attached hydrogen (secondary N) is 1. The molecule has 0 saturated carbocycles. The molecule has 1 unspecified atom stereocenters. The van der Waals surface area contributed by atoms with Crippen LogP contribution in [0, 0.1) is 0 Å². The van der Waals surface area contributed by atoms with Gasteiger partial charge in [0, 0.05) is 23.3 Å². The molecule has 2 aromatic heterocycles. The second-order valence-corrected chi connectivity index (χ2v) is 4.83. The van der Waals surface area contributed by atoms with Crippen molar-refractivity contribution in [3.05, 3.63) is 35.6 Å². The lowest BCUT2D eigenvalue weighted by molar-refractivity contribution is 0.632. The van der Waals surface area contributed by atoms with Gasteiger partial charge >= 0.3 is 0 Å². The number of nitrogens with zero attached hydrogens (tertiary/aromatic N) is 2. The maximum atomic E-state index is 4.68. The number of pyridine rings is 1. The van der Waals surface area contributed by atoms with Crippen molar-refractivity contribution in [3.8, 4) is 10.6 Å². The second kappa shape index (κ2) is 4.31. The number of hydrogen-bond acceptors (Lipinski definition) is 4. The zero-order valence-electron chi connectivity index (χ0n) is 8.89. The summed E-state index contributed by atoms with van der Waals surface area (Å²) in [7, 11) is 0. The van der Waals surface area contributed by atoms with Crippen molar-refractivity contribution in [1.29, 1.82) is 0 Å². The summed E-state index contributed by atoms with van der Waals surface area (Å²) < 4.78 is 0. The molecule has 0 radical (unpaired) electrons. The molecule has 1 aliphatic heterocycles. The minimum Gasteiger partial charge on any atom is -0.309 e. The quantitative estimate of drug-likeness (QED) is 0.863. The zero-order chi connectivity index (χ0) is 10.8. The van der Waals surface area contributed by atoms with E-state index in [1.54, 1.807) is 17.5 Å². The summed E-state index contributed by atoms with van der Waals surface area (Å²) in [6.45, 7) is 1.12. The Labute approximate surface area is 98.6 Å². The number of hydrogen-bond donors (Lipinski definition) is 1. The van der Waals surface area contributed by atoms with E-state index < -0.39 is 0 Å². The highest BCUT2D eigenvalue weighted by Crippen LogP contribution is 2.28. The van der Waals surface area contributed by atoms with Crippen LogP contribution in [0.3, 0.4) is 0 Å². The van der Waals surface area contributed by atoms with Crippen molar-refractivity contribution >= 4 is 11.3 Å². The van der Waals surface area contributed by atoms with Crippen molar-refractivity contribution in [2.24, 2.45) is 0 Å². The van der Waals surface area contributed by atoms with Crippen LogP contribution in [0.25, 0.3) is 10.6 Å². The Morgan fingerprint density at radius 3 is 3.19 bits per heavy atom. The minimum atomic E-state index is 0.460. The highest BCUT2D eigenvalue weighted by molar-refractivity contribution is 7.13. The molecular weight excluding hydrogens is 218 g/mol. The predicted molar refractivity (Wildman–Crippen MR) is 65.3 cm³/mol. The van der Waals surface area contributed by atoms with Gasteiger partial charge in [-0.3, -0.25) is 4.98 Å². The summed E-state index contributed by atoms with van der Waals surface area (Å²) in [4.78, 5) is 8.80. The van der Waals surface area contributed by atoms with Gasteiger partial charge in [0.1, 0.15) is 5.01 Å². The fraction of sp³-hybridized carbons (Fsp3) is 0.333. The Balaban J connectivity index is 1.87. The predicted octanol–water partition coefficient (Wildman–Crippen LogP) is 2.63. The molecule has 4 heteroatoms. The molecule has 0 amide bonds. The molecule has 2 aromatic rings. The summed E-state index contributed by atoms with van der Waals surface area (Å²) in [5.74, 6) is 0. The van der Waals surface area contributed by atoms with Crippen LogP contribution in [0.2, 0.25) is 0 Å². The Kier molecular flexibility index (Phi) is 2.68. The first-order valence-corrected chi connectivity index (χ1v) is 6.40. The van der Waals surface area contributed by atoms with E-state index in [2.05, 4.69) is 26.7 Å². The minimum absolute atomic E-state index is 0.460. The SMILES string of the molecule is c1cncc(-c2nc(C3CCCN3)cs2)c1. The van der Waals surface area contributed by atoms with Crippen molar-refractivity contribution in [2.75, 3.05) is 6.54 Å². The standard InChI is InChI=1S/C12H13N3S/c1-3-9(7-13-5-1)12-15-11(8-16-12)10-4-2-6-14-10/h1,3,5,7-8,10,14H,2,4,6H2. The molecule has 1 fully saturated rings. The highest BCUT2D eigenvalue weighted by atomic mass is 32.1. The van der Waals surface area contributed by atoms with Gasteiger partial charge in [0.05, 0.1) is 11.7 Å². The van der Waals surface area contributed by atoms with Crippen molar-refractivity contribution < 1.29 is 0 Å². The third-order valence-electron chi connectivity index (χ3n) is 2.85. The second-order valence-electron chi connectivity index (χ2n) is 3.97. The largest absolute Gasteiger partial charge is 0.309 e. The summed E-state index contributed by atoms with van der Waals surface area (Å²) in [5.41, 5.74) is 2.29. The molecule has 0 aromatic carbocycles. The Morgan fingerprint density at radius 1 is 1.44 bits per heavy atom. The fourth-order valence-electron chi connectivity index (χ4n) is 2.01. The molecular formula is C12H13N3S. The van der Waals surface area contributed by atoms with E-state index in [1.165, 1.54) is 18.5 Å². The van der Waals surface area contributed by atoms with E-state index in [4.69, 9.17) is 0 Å².